The molecule has 0 aliphatic heterocycles. The molecule has 2 aromatic rings. The summed E-state index contributed by atoms with van der Waals surface area (Å²) in [6, 6.07) is 4.06. The van der Waals surface area contributed by atoms with Crippen molar-refractivity contribution >= 4 is 0 Å². The summed E-state index contributed by atoms with van der Waals surface area (Å²) < 4.78 is 11.2. The number of nitrogens with zero attached hydrogens (tertiary/aromatic N) is 3. The molecule has 9 nitrogen and oxygen atoms in total. The molecule has 9 heteroatoms. The molecule has 250 valence electrons. The van der Waals surface area contributed by atoms with Crippen molar-refractivity contribution in [1.82, 2.24) is 14.7 Å². The Kier molecular flexibility index (Phi) is 13.0. The quantitative estimate of drug-likeness (QED) is 0.233. The first-order valence-corrected chi connectivity index (χ1v) is 17.8. The monoisotopic (exact) mass is 625 g/mol. The van der Waals surface area contributed by atoms with Gasteiger partial charge in [-0.3, -0.25) is 19.4 Å². The molecule has 2 aromatic heterocycles. The van der Waals surface area contributed by atoms with Crippen molar-refractivity contribution in [2.45, 2.75) is 140 Å². The third-order valence-corrected chi connectivity index (χ3v) is 10.6. The Morgan fingerprint density at radius 3 is 1.24 bits per heavy atom. The Labute approximate surface area is 268 Å². The summed E-state index contributed by atoms with van der Waals surface area (Å²) in [5.41, 5.74) is -0.759. The number of hydrogen-bond donors (Lipinski definition) is 2. The lowest BCUT2D eigenvalue weighted by atomic mass is 9.93. The second-order valence-corrected chi connectivity index (χ2v) is 13.7. The predicted molar refractivity (Wildman–Crippen MR) is 176 cm³/mol. The first kappa shape index (κ1) is 33.7. The van der Waals surface area contributed by atoms with Crippen LogP contribution in [0.3, 0.4) is 0 Å². The van der Waals surface area contributed by atoms with Crippen LogP contribution in [0.5, 0.6) is 11.5 Å². The van der Waals surface area contributed by atoms with Gasteiger partial charge in [-0.05, 0) is 64.5 Å². The molecule has 2 heterocycles. The minimum atomic E-state index is -0.379. The van der Waals surface area contributed by atoms with Gasteiger partial charge in [0.25, 0.3) is 0 Å². The lowest BCUT2D eigenvalue weighted by Crippen LogP contribution is -2.43. The maximum Gasteiger partial charge on any atom is 0.226 e. The van der Waals surface area contributed by atoms with Crippen molar-refractivity contribution in [3.8, 4) is 11.5 Å². The van der Waals surface area contributed by atoms with Gasteiger partial charge in [-0.15, -0.1) is 0 Å². The number of aromatic hydroxyl groups is 2. The lowest BCUT2D eigenvalue weighted by molar-refractivity contribution is 0.0990. The van der Waals surface area contributed by atoms with E-state index in [1.165, 1.54) is 95.3 Å². The fraction of sp³-hybridized carbons (Fsp3) is 0.722. The van der Waals surface area contributed by atoms with Crippen LogP contribution in [0.2, 0.25) is 0 Å². The van der Waals surface area contributed by atoms with Crippen LogP contribution < -0.4 is 10.9 Å². The summed E-state index contributed by atoms with van der Waals surface area (Å²) in [6.45, 7) is 4.80. The molecular formula is C36H55N3O6. The van der Waals surface area contributed by atoms with Crippen molar-refractivity contribution in [3.05, 3.63) is 56.6 Å². The third-order valence-electron chi connectivity index (χ3n) is 10.6. The van der Waals surface area contributed by atoms with Gasteiger partial charge in [0.05, 0.1) is 25.6 Å². The Hall–Kier alpha value is -2.62. The van der Waals surface area contributed by atoms with Crippen LogP contribution in [-0.4, -0.2) is 69.2 Å². The molecule has 3 aliphatic rings. The Morgan fingerprint density at radius 2 is 0.867 bits per heavy atom. The van der Waals surface area contributed by atoms with Gasteiger partial charge in [0, 0.05) is 43.3 Å². The lowest BCUT2D eigenvalue weighted by Gasteiger charge is -2.38. The van der Waals surface area contributed by atoms with Crippen molar-refractivity contribution in [2.24, 2.45) is 0 Å². The molecule has 3 saturated carbocycles. The second-order valence-electron chi connectivity index (χ2n) is 13.7. The largest absolute Gasteiger partial charge is 0.502 e. The first-order valence-electron chi connectivity index (χ1n) is 17.8. The fourth-order valence-corrected chi connectivity index (χ4v) is 8.04. The first-order chi connectivity index (χ1) is 22.0. The van der Waals surface area contributed by atoms with E-state index in [4.69, 9.17) is 8.83 Å². The van der Waals surface area contributed by atoms with Gasteiger partial charge in [0.2, 0.25) is 22.4 Å². The smallest absolute Gasteiger partial charge is 0.226 e. The van der Waals surface area contributed by atoms with E-state index < -0.39 is 0 Å². The highest BCUT2D eigenvalue weighted by atomic mass is 16.4. The van der Waals surface area contributed by atoms with E-state index in [1.54, 1.807) is 0 Å². The van der Waals surface area contributed by atoms with E-state index in [9.17, 15) is 19.8 Å². The summed E-state index contributed by atoms with van der Waals surface area (Å²) in [5, 5.41) is 20.8. The molecule has 3 aliphatic carbocycles. The second kappa shape index (κ2) is 17.3. The summed E-state index contributed by atoms with van der Waals surface area (Å²) in [7, 11) is 0. The summed E-state index contributed by atoms with van der Waals surface area (Å²) >= 11 is 0. The highest BCUT2D eigenvalue weighted by molar-refractivity contribution is 5.23. The third kappa shape index (κ3) is 9.69. The van der Waals surface area contributed by atoms with E-state index in [1.807, 2.05) is 0 Å². The average Bonchev–Trinajstić information content (AvgIpc) is 3.08. The molecule has 0 unspecified atom stereocenters. The van der Waals surface area contributed by atoms with Crippen LogP contribution in [0.4, 0.5) is 0 Å². The van der Waals surface area contributed by atoms with Gasteiger partial charge < -0.3 is 23.9 Å². The van der Waals surface area contributed by atoms with Gasteiger partial charge in [0.1, 0.15) is 0 Å². The molecule has 45 heavy (non-hydrogen) atoms. The van der Waals surface area contributed by atoms with Gasteiger partial charge in [-0.1, -0.05) is 57.8 Å². The van der Waals surface area contributed by atoms with E-state index in [2.05, 4.69) is 14.7 Å². The van der Waals surface area contributed by atoms with Gasteiger partial charge in [-0.2, -0.15) is 0 Å². The summed E-state index contributed by atoms with van der Waals surface area (Å²) in [4.78, 5) is 31.8. The minimum Gasteiger partial charge on any atom is -0.502 e. The van der Waals surface area contributed by atoms with E-state index >= 15 is 0 Å². The molecule has 0 amide bonds. The van der Waals surface area contributed by atoms with E-state index in [-0.39, 0.29) is 22.4 Å². The summed E-state index contributed by atoms with van der Waals surface area (Å²) in [6.07, 6.45) is 23.3. The zero-order chi connectivity index (χ0) is 31.4. The minimum absolute atomic E-state index is 0.257. The molecule has 0 aromatic carbocycles. The Balaban J connectivity index is 1.22. The Morgan fingerprint density at radius 1 is 0.533 bits per heavy atom. The molecule has 3 fully saturated rings. The zero-order valence-electron chi connectivity index (χ0n) is 27.2. The van der Waals surface area contributed by atoms with Crippen LogP contribution in [0.15, 0.2) is 43.1 Å². The number of hydrogen-bond acceptors (Lipinski definition) is 9. The van der Waals surface area contributed by atoms with Crippen molar-refractivity contribution in [3.63, 3.8) is 0 Å². The highest BCUT2D eigenvalue weighted by Gasteiger charge is 2.27. The van der Waals surface area contributed by atoms with Crippen LogP contribution in [0, 0.1) is 0 Å². The maximum atomic E-state index is 12.1. The maximum absolute atomic E-state index is 12.1. The highest BCUT2D eigenvalue weighted by Crippen LogP contribution is 2.28. The predicted octanol–water partition coefficient (Wildman–Crippen LogP) is 6.39. The van der Waals surface area contributed by atoms with Gasteiger partial charge in [-0.25, -0.2) is 0 Å². The molecule has 2 N–H and O–H groups in total. The molecule has 5 rings (SSSR count). The SMILES string of the molecule is O=c1ccoc(CN(CCCN(CCCN(Cc2occc(=O)c2O)C2CCCCC2)C2CCCCC2)C2CCCCC2)c1O. The molecule has 0 atom stereocenters. The van der Waals surface area contributed by atoms with Crippen molar-refractivity contribution in [2.75, 3.05) is 26.2 Å². The van der Waals surface area contributed by atoms with E-state index in [0.29, 0.717) is 42.7 Å². The molecule has 0 bridgehead atoms. The normalized spacial score (nSPS) is 19.2. The average molecular weight is 626 g/mol. The summed E-state index contributed by atoms with van der Waals surface area (Å²) in [5.74, 6) is 0.237. The van der Waals surface area contributed by atoms with Crippen molar-refractivity contribution < 1.29 is 19.0 Å². The topological polar surface area (TPSA) is 111 Å². The van der Waals surface area contributed by atoms with Crippen LogP contribution in [0.1, 0.15) is 121 Å². The Bertz CT molecular complexity index is 1190. The molecule has 0 saturated heterocycles. The standard InChI is InChI=1S/C36H55N3O6/c40-31-18-24-44-33(35(31)42)26-38(29-14-6-2-7-15-29)22-10-20-37(28-12-4-1-5-13-28)21-11-23-39(30-16-8-3-9-17-30)27-34-36(43)32(41)19-25-45-34/h18-19,24-25,28-30,42-43H,1-17,20-23,26-27H2. The van der Waals surface area contributed by atoms with Crippen LogP contribution >= 0.6 is 0 Å². The van der Waals surface area contributed by atoms with Crippen LogP contribution in [0.25, 0.3) is 0 Å². The molecule has 0 spiro atoms. The van der Waals surface area contributed by atoms with E-state index in [0.717, 1.165) is 64.7 Å². The molecule has 0 radical (unpaired) electrons. The zero-order valence-corrected chi connectivity index (χ0v) is 27.2. The van der Waals surface area contributed by atoms with Gasteiger partial charge in [0.15, 0.2) is 11.5 Å². The van der Waals surface area contributed by atoms with Gasteiger partial charge >= 0.3 is 0 Å². The van der Waals surface area contributed by atoms with Crippen molar-refractivity contribution in [1.29, 1.82) is 0 Å². The number of rotatable bonds is 15. The fourth-order valence-electron chi connectivity index (χ4n) is 8.04. The van der Waals surface area contributed by atoms with Crippen LogP contribution in [-0.2, 0) is 13.1 Å². The molecular weight excluding hydrogens is 570 g/mol.